The van der Waals surface area contributed by atoms with Gasteiger partial charge in [-0.1, -0.05) is 42.5 Å². The smallest absolute Gasteiger partial charge is 0.145 e. The molecule has 1 aliphatic rings. The highest BCUT2D eigenvalue weighted by Gasteiger charge is 2.36. The molecule has 2 nitrogen and oxygen atoms in total. The van der Waals surface area contributed by atoms with E-state index in [1.54, 1.807) is 7.11 Å². The SMILES string of the molecule is COC1(c2cccc3ccccc23)CCCN1. The summed E-state index contributed by atoms with van der Waals surface area (Å²) in [6, 6.07) is 14.9. The largest absolute Gasteiger partial charge is 0.360 e. The molecule has 0 radical (unpaired) electrons. The number of methoxy groups -OCH3 is 1. The first-order chi connectivity index (χ1) is 8.36. The molecule has 0 aromatic heterocycles. The molecule has 17 heavy (non-hydrogen) atoms. The van der Waals surface area contributed by atoms with Gasteiger partial charge in [0.2, 0.25) is 0 Å². The van der Waals surface area contributed by atoms with Gasteiger partial charge in [-0.3, -0.25) is 5.32 Å². The molecular formula is C15H17NO. The second kappa shape index (κ2) is 4.13. The molecule has 1 N–H and O–H groups in total. The fourth-order valence-corrected chi connectivity index (χ4v) is 2.81. The van der Waals surface area contributed by atoms with Gasteiger partial charge in [-0.05, 0) is 30.2 Å². The highest BCUT2D eigenvalue weighted by molar-refractivity contribution is 5.86. The monoisotopic (exact) mass is 227 g/mol. The molecule has 2 aromatic carbocycles. The van der Waals surface area contributed by atoms with Gasteiger partial charge in [-0.2, -0.15) is 0 Å². The van der Waals surface area contributed by atoms with Crippen LogP contribution < -0.4 is 5.32 Å². The zero-order chi connectivity index (χ0) is 11.7. The molecule has 1 aliphatic heterocycles. The fraction of sp³-hybridized carbons (Fsp3) is 0.333. The van der Waals surface area contributed by atoms with Crippen molar-refractivity contribution in [1.82, 2.24) is 5.32 Å². The van der Waals surface area contributed by atoms with Crippen molar-refractivity contribution in [3.05, 3.63) is 48.0 Å². The first kappa shape index (κ1) is 10.8. The van der Waals surface area contributed by atoms with Crippen LogP contribution in [-0.2, 0) is 10.5 Å². The molecule has 1 unspecified atom stereocenters. The molecule has 2 heteroatoms. The second-order valence-corrected chi connectivity index (χ2v) is 4.59. The van der Waals surface area contributed by atoms with Crippen LogP contribution in [0.5, 0.6) is 0 Å². The van der Waals surface area contributed by atoms with E-state index >= 15 is 0 Å². The van der Waals surface area contributed by atoms with Crippen LogP contribution in [0.1, 0.15) is 18.4 Å². The Bertz CT molecular complexity index is 524. The Morgan fingerprint density at radius 3 is 2.71 bits per heavy atom. The Hall–Kier alpha value is -1.38. The van der Waals surface area contributed by atoms with Crippen molar-refractivity contribution < 1.29 is 4.74 Å². The Balaban J connectivity index is 2.22. The molecule has 0 aliphatic carbocycles. The lowest BCUT2D eigenvalue weighted by atomic mass is 9.94. The van der Waals surface area contributed by atoms with Crippen molar-refractivity contribution in [3.63, 3.8) is 0 Å². The molecular weight excluding hydrogens is 210 g/mol. The van der Waals surface area contributed by atoms with E-state index in [-0.39, 0.29) is 5.72 Å². The van der Waals surface area contributed by atoms with Gasteiger partial charge in [-0.15, -0.1) is 0 Å². The van der Waals surface area contributed by atoms with Crippen LogP contribution in [0, 0.1) is 0 Å². The number of ether oxygens (including phenoxy) is 1. The van der Waals surface area contributed by atoms with E-state index < -0.39 is 0 Å². The highest BCUT2D eigenvalue weighted by atomic mass is 16.5. The van der Waals surface area contributed by atoms with Crippen LogP contribution in [-0.4, -0.2) is 13.7 Å². The number of fused-ring (bicyclic) bond motifs is 1. The minimum Gasteiger partial charge on any atom is -0.360 e. The summed E-state index contributed by atoms with van der Waals surface area (Å²) in [5, 5.41) is 6.06. The lowest BCUT2D eigenvalue weighted by Crippen LogP contribution is -2.38. The maximum absolute atomic E-state index is 5.78. The van der Waals surface area contributed by atoms with Gasteiger partial charge in [0, 0.05) is 12.7 Å². The second-order valence-electron chi connectivity index (χ2n) is 4.59. The predicted octanol–water partition coefficient (Wildman–Crippen LogP) is 3.02. The molecule has 1 atom stereocenters. The lowest BCUT2D eigenvalue weighted by molar-refractivity contribution is -0.0274. The minimum absolute atomic E-state index is 0.291. The van der Waals surface area contributed by atoms with Gasteiger partial charge in [0.25, 0.3) is 0 Å². The van der Waals surface area contributed by atoms with Gasteiger partial charge in [-0.25, -0.2) is 0 Å². The summed E-state index contributed by atoms with van der Waals surface area (Å²) in [6.07, 6.45) is 2.20. The maximum atomic E-state index is 5.78. The molecule has 0 amide bonds. The van der Waals surface area contributed by atoms with Crippen LogP contribution in [0.3, 0.4) is 0 Å². The number of hydrogen-bond acceptors (Lipinski definition) is 2. The summed E-state index contributed by atoms with van der Waals surface area (Å²) in [6.45, 7) is 1.02. The molecule has 0 bridgehead atoms. The van der Waals surface area contributed by atoms with Gasteiger partial charge < -0.3 is 4.74 Å². The van der Waals surface area contributed by atoms with Crippen LogP contribution >= 0.6 is 0 Å². The first-order valence-corrected chi connectivity index (χ1v) is 6.14. The summed E-state index contributed by atoms with van der Waals surface area (Å²) >= 11 is 0. The molecule has 1 heterocycles. The molecule has 0 saturated carbocycles. The van der Waals surface area contributed by atoms with Crippen molar-refractivity contribution >= 4 is 10.8 Å². The van der Waals surface area contributed by atoms with E-state index in [1.165, 1.54) is 16.3 Å². The van der Waals surface area contributed by atoms with Crippen LogP contribution in [0.15, 0.2) is 42.5 Å². The summed E-state index contributed by atoms with van der Waals surface area (Å²) in [5.41, 5.74) is 0.969. The highest BCUT2D eigenvalue weighted by Crippen LogP contribution is 2.35. The average Bonchev–Trinajstić information content (AvgIpc) is 2.88. The molecule has 88 valence electrons. The zero-order valence-electron chi connectivity index (χ0n) is 10.1. The Morgan fingerprint density at radius 2 is 1.94 bits per heavy atom. The molecule has 2 aromatic rings. The van der Waals surface area contributed by atoms with E-state index in [0.29, 0.717) is 0 Å². The van der Waals surface area contributed by atoms with E-state index in [0.717, 1.165) is 19.4 Å². The Kier molecular flexibility index (Phi) is 2.61. The van der Waals surface area contributed by atoms with Crippen molar-refractivity contribution in [2.75, 3.05) is 13.7 Å². The summed E-state index contributed by atoms with van der Waals surface area (Å²) in [5.74, 6) is 0. The third-order valence-corrected chi connectivity index (χ3v) is 3.69. The number of nitrogens with one attached hydrogen (secondary N) is 1. The predicted molar refractivity (Wildman–Crippen MR) is 69.9 cm³/mol. The summed E-state index contributed by atoms with van der Waals surface area (Å²) < 4.78 is 5.78. The normalized spacial score (nSPS) is 24.3. The standard InChI is InChI=1S/C15H17NO/c1-17-15(10-5-11-16-15)14-9-4-7-12-6-2-3-8-13(12)14/h2-4,6-9,16H,5,10-11H2,1H3. The molecule has 3 rings (SSSR count). The fourth-order valence-electron chi connectivity index (χ4n) is 2.81. The molecule has 1 fully saturated rings. The van der Waals surface area contributed by atoms with Crippen molar-refractivity contribution in [3.8, 4) is 0 Å². The van der Waals surface area contributed by atoms with Gasteiger partial charge in [0.15, 0.2) is 0 Å². The van der Waals surface area contributed by atoms with Crippen LogP contribution in [0.4, 0.5) is 0 Å². The maximum Gasteiger partial charge on any atom is 0.145 e. The quantitative estimate of drug-likeness (QED) is 0.851. The van der Waals surface area contributed by atoms with Crippen molar-refractivity contribution in [2.24, 2.45) is 0 Å². The van der Waals surface area contributed by atoms with E-state index in [9.17, 15) is 0 Å². The van der Waals surface area contributed by atoms with Gasteiger partial charge in [0.05, 0.1) is 0 Å². The summed E-state index contributed by atoms with van der Waals surface area (Å²) in [4.78, 5) is 0. The topological polar surface area (TPSA) is 21.3 Å². The van der Waals surface area contributed by atoms with E-state index in [4.69, 9.17) is 4.74 Å². The van der Waals surface area contributed by atoms with Crippen molar-refractivity contribution in [1.29, 1.82) is 0 Å². The first-order valence-electron chi connectivity index (χ1n) is 6.14. The third-order valence-electron chi connectivity index (χ3n) is 3.69. The molecule has 0 spiro atoms. The minimum atomic E-state index is -0.291. The third kappa shape index (κ3) is 1.65. The van der Waals surface area contributed by atoms with Crippen LogP contribution in [0.25, 0.3) is 10.8 Å². The number of rotatable bonds is 2. The van der Waals surface area contributed by atoms with Gasteiger partial charge in [0.1, 0.15) is 5.72 Å². The lowest BCUT2D eigenvalue weighted by Gasteiger charge is -2.29. The van der Waals surface area contributed by atoms with Crippen molar-refractivity contribution in [2.45, 2.75) is 18.6 Å². The van der Waals surface area contributed by atoms with E-state index in [1.807, 2.05) is 0 Å². The molecule has 1 saturated heterocycles. The summed E-state index contributed by atoms with van der Waals surface area (Å²) in [7, 11) is 1.79. The van der Waals surface area contributed by atoms with Crippen LogP contribution in [0.2, 0.25) is 0 Å². The Labute approximate surface area is 102 Å². The number of hydrogen-bond donors (Lipinski definition) is 1. The number of benzene rings is 2. The average molecular weight is 227 g/mol. The zero-order valence-corrected chi connectivity index (χ0v) is 10.1. The van der Waals surface area contributed by atoms with E-state index in [2.05, 4.69) is 47.8 Å². The Morgan fingerprint density at radius 1 is 1.12 bits per heavy atom. The van der Waals surface area contributed by atoms with Gasteiger partial charge >= 0.3 is 0 Å².